The van der Waals surface area contributed by atoms with Crippen molar-refractivity contribution in [3.05, 3.63) is 47.5 Å². The second-order valence-electron chi connectivity index (χ2n) is 3.19. The van der Waals surface area contributed by atoms with Gasteiger partial charge in [-0.05, 0) is 30.2 Å². The van der Waals surface area contributed by atoms with E-state index in [1.807, 2.05) is 6.07 Å². The molecule has 0 aliphatic heterocycles. The van der Waals surface area contributed by atoms with Crippen LogP contribution < -0.4 is 0 Å². The first-order valence-electron chi connectivity index (χ1n) is 4.31. The van der Waals surface area contributed by atoms with Gasteiger partial charge in [0.05, 0.1) is 11.6 Å². The maximum absolute atomic E-state index is 11.3. The number of nitrogens with zero attached hydrogens (tertiary/aromatic N) is 1. The molecule has 0 fully saturated rings. The Bertz CT molecular complexity index is 395. The van der Waals surface area contributed by atoms with Crippen molar-refractivity contribution in [1.29, 1.82) is 5.26 Å². The maximum Gasteiger partial charge on any atom is 0.162 e. The Morgan fingerprint density at radius 3 is 2.43 bits per heavy atom. The predicted octanol–water partition coefficient (Wildman–Crippen LogP) is 2.25. The van der Waals surface area contributed by atoms with Gasteiger partial charge in [0.2, 0.25) is 0 Å². The highest BCUT2D eigenvalue weighted by atomic mass is 16.1. The molecular weight excluding hydrogens is 174 g/mol. The molecule has 2 nitrogen and oxygen atoms in total. The van der Waals surface area contributed by atoms with Gasteiger partial charge in [0.25, 0.3) is 0 Å². The molecule has 0 N–H and O–H groups in total. The standard InChI is InChI=1S/C12H11NO/c1-9(2)12(14)7-10-3-5-11(8-13)6-4-10/h3-6H,1,7H2,2H3. The minimum absolute atomic E-state index is 0.0368. The van der Waals surface area contributed by atoms with Crippen LogP contribution in [0.4, 0.5) is 0 Å². The largest absolute Gasteiger partial charge is 0.294 e. The van der Waals surface area contributed by atoms with E-state index in [1.165, 1.54) is 0 Å². The summed E-state index contributed by atoms with van der Waals surface area (Å²) in [5.74, 6) is 0.0368. The van der Waals surface area contributed by atoms with Crippen LogP contribution in [-0.2, 0) is 11.2 Å². The highest BCUT2D eigenvalue weighted by molar-refractivity contribution is 5.95. The Kier molecular flexibility index (Phi) is 3.19. The average molecular weight is 185 g/mol. The first-order chi connectivity index (χ1) is 6.63. The predicted molar refractivity (Wildman–Crippen MR) is 54.7 cm³/mol. The van der Waals surface area contributed by atoms with Gasteiger partial charge in [0, 0.05) is 6.42 Å². The van der Waals surface area contributed by atoms with Gasteiger partial charge >= 0.3 is 0 Å². The van der Waals surface area contributed by atoms with Crippen LogP contribution in [0, 0.1) is 11.3 Å². The topological polar surface area (TPSA) is 40.9 Å². The van der Waals surface area contributed by atoms with Crippen molar-refractivity contribution in [2.24, 2.45) is 0 Å². The van der Waals surface area contributed by atoms with Crippen molar-refractivity contribution in [2.75, 3.05) is 0 Å². The smallest absolute Gasteiger partial charge is 0.162 e. The lowest BCUT2D eigenvalue weighted by Gasteiger charge is -1.99. The highest BCUT2D eigenvalue weighted by Gasteiger charge is 2.03. The molecule has 1 aromatic carbocycles. The van der Waals surface area contributed by atoms with E-state index < -0.39 is 0 Å². The molecule has 1 aromatic rings. The summed E-state index contributed by atoms with van der Waals surface area (Å²) in [4.78, 5) is 11.3. The molecule has 0 saturated carbocycles. The van der Waals surface area contributed by atoms with Gasteiger partial charge in [-0.25, -0.2) is 0 Å². The molecule has 0 spiro atoms. The first-order valence-corrected chi connectivity index (χ1v) is 4.31. The number of allylic oxidation sites excluding steroid dienone is 1. The Balaban J connectivity index is 2.75. The summed E-state index contributed by atoms with van der Waals surface area (Å²) in [5.41, 5.74) is 2.09. The maximum atomic E-state index is 11.3. The Labute approximate surface area is 83.5 Å². The van der Waals surface area contributed by atoms with Gasteiger partial charge in [0.1, 0.15) is 0 Å². The van der Waals surface area contributed by atoms with Crippen LogP contribution in [-0.4, -0.2) is 5.78 Å². The van der Waals surface area contributed by atoms with Crippen molar-refractivity contribution in [3.63, 3.8) is 0 Å². The molecule has 2 heteroatoms. The number of benzene rings is 1. The van der Waals surface area contributed by atoms with Gasteiger partial charge in [-0.3, -0.25) is 4.79 Å². The molecule has 0 amide bonds. The fourth-order valence-corrected chi connectivity index (χ4v) is 1.03. The van der Waals surface area contributed by atoms with Crippen molar-refractivity contribution >= 4 is 5.78 Å². The van der Waals surface area contributed by atoms with Gasteiger partial charge in [0.15, 0.2) is 5.78 Å². The number of nitriles is 1. The van der Waals surface area contributed by atoms with E-state index in [1.54, 1.807) is 31.2 Å². The molecule has 0 aliphatic rings. The van der Waals surface area contributed by atoms with Crippen LogP contribution in [0.3, 0.4) is 0 Å². The highest BCUT2D eigenvalue weighted by Crippen LogP contribution is 2.06. The number of carbonyl (C=O) groups is 1. The number of ketones is 1. The third-order valence-electron chi connectivity index (χ3n) is 1.92. The second-order valence-corrected chi connectivity index (χ2v) is 3.19. The summed E-state index contributed by atoms with van der Waals surface area (Å²) in [6.45, 7) is 5.28. The van der Waals surface area contributed by atoms with Crippen LogP contribution in [0.15, 0.2) is 36.4 Å². The van der Waals surface area contributed by atoms with Crippen LogP contribution in [0.5, 0.6) is 0 Å². The molecule has 0 heterocycles. The Morgan fingerprint density at radius 1 is 1.43 bits per heavy atom. The fraction of sp³-hybridized carbons (Fsp3) is 0.167. The monoisotopic (exact) mass is 185 g/mol. The minimum Gasteiger partial charge on any atom is -0.294 e. The van der Waals surface area contributed by atoms with Gasteiger partial charge in [-0.2, -0.15) is 5.26 Å². The number of hydrogen-bond donors (Lipinski definition) is 0. The van der Waals surface area contributed by atoms with Crippen molar-refractivity contribution in [3.8, 4) is 6.07 Å². The summed E-state index contributed by atoms with van der Waals surface area (Å²) in [6, 6.07) is 9.03. The molecule has 1 rings (SSSR count). The Hall–Kier alpha value is -1.88. The fourth-order valence-electron chi connectivity index (χ4n) is 1.03. The number of carbonyl (C=O) groups excluding carboxylic acids is 1. The van der Waals surface area contributed by atoms with Crippen LogP contribution >= 0.6 is 0 Å². The number of Topliss-reactive ketones (excluding diaryl/α,β-unsaturated/α-hetero) is 1. The second kappa shape index (κ2) is 4.38. The summed E-state index contributed by atoms with van der Waals surface area (Å²) in [5, 5.41) is 8.57. The van der Waals surface area contributed by atoms with Gasteiger partial charge in [-0.1, -0.05) is 18.7 Å². The first kappa shape index (κ1) is 10.2. The van der Waals surface area contributed by atoms with Crippen LogP contribution in [0.2, 0.25) is 0 Å². The summed E-state index contributed by atoms with van der Waals surface area (Å²) < 4.78 is 0. The van der Waals surface area contributed by atoms with Gasteiger partial charge in [-0.15, -0.1) is 0 Å². The van der Waals surface area contributed by atoms with Crippen molar-refractivity contribution in [1.82, 2.24) is 0 Å². The third-order valence-corrected chi connectivity index (χ3v) is 1.92. The third kappa shape index (κ3) is 2.56. The van der Waals surface area contributed by atoms with E-state index in [9.17, 15) is 4.79 Å². The molecular formula is C12H11NO. The molecule has 0 radical (unpaired) electrons. The quantitative estimate of drug-likeness (QED) is 0.677. The van der Waals surface area contributed by atoms with Crippen LogP contribution in [0.1, 0.15) is 18.1 Å². The van der Waals surface area contributed by atoms with E-state index in [0.717, 1.165) is 5.56 Å². The molecule has 0 atom stereocenters. The zero-order valence-electron chi connectivity index (χ0n) is 8.08. The van der Waals surface area contributed by atoms with Crippen molar-refractivity contribution in [2.45, 2.75) is 13.3 Å². The molecule has 70 valence electrons. The van der Waals surface area contributed by atoms with E-state index >= 15 is 0 Å². The number of rotatable bonds is 3. The lowest BCUT2D eigenvalue weighted by atomic mass is 10.0. The normalized spacial score (nSPS) is 9.14. The van der Waals surface area contributed by atoms with E-state index in [2.05, 4.69) is 6.58 Å². The van der Waals surface area contributed by atoms with Gasteiger partial charge < -0.3 is 0 Å². The molecule has 0 aromatic heterocycles. The Morgan fingerprint density at radius 2 is 2.00 bits per heavy atom. The SMILES string of the molecule is C=C(C)C(=O)Cc1ccc(C#N)cc1. The van der Waals surface area contributed by atoms with E-state index in [-0.39, 0.29) is 5.78 Å². The summed E-state index contributed by atoms with van der Waals surface area (Å²) in [7, 11) is 0. The summed E-state index contributed by atoms with van der Waals surface area (Å²) >= 11 is 0. The molecule has 14 heavy (non-hydrogen) atoms. The van der Waals surface area contributed by atoms with E-state index in [4.69, 9.17) is 5.26 Å². The lowest BCUT2D eigenvalue weighted by molar-refractivity contribution is -0.114. The van der Waals surface area contributed by atoms with Crippen LogP contribution in [0.25, 0.3) is 0 Å². The molecule has 0 aliphatic carbocycles. The zero-order valence-corrected chi connectivity index (χ0v) is 8.08. The minimum atomic E-state index is 0.0368. The van der Waals surface area contributed by atoms with Crippen molar-refractivity contribution < 1.29 is 4.79 Å². The molecule has 0 saturated heterocycles. The molecule has 0 bridgehead atoms. The summed E-state index contributed by atoms with van der Waals surface area (Å²) in [6.07, 6.45) is 0.362. The zero-order chi connectivity index (χ0) is 10.6. The number of hydrogen-bond acceptors (Lipinski definition) is 2. The van der Waals surface area contributed by atoms with E-state index in [0.29, 0.717) is 17.6 Å². The molecule has 0 unspecified atom stereocenters. The lowest BCUT2D eigenvalue weighted by Crippen LogP contribution is -2.02. The average Bonchev–Trinajstić information content (AvgIpc) is 2.19.